The van der Waals surface area contributed by atoms with E-state index in [1.807, 2.05) is 0 Å². The molecule has 0 saturated carbocycles. The number of hydrogen-bond donors (Lipinski definition) is 1. The lowest BCUT2D eigenvalue weighted by Gasteiger charge is -2.05. The zero-order chi connectivity index (χ0) is 19.4. The van der Waals surface area contributed by atoms with Gasteiger partial charge in [-0.15, -0.1) is 0 Å². The predicted octanol–water partition coefficient (Wildman–Crippen LogP) is 7.07. The van der Waals surface area contributed by atoms with Crippen LogP contribution in [-0.4, -0.2) is 17.4 Å². The quantitative estimate of drug-likeness (QED) is 0.279. The van der Waals surface area contributed by atoms with E-state index >= 15 is 0 Å². The second-order valence-corrected chi connectivity index (χ2v) is 7.80. The molecule has 0 saturated heterocycles. The summed E-state index contributed by atoms with van der Waals surface area (Å²) >= 11 is 0. The minimum absolute atomic E-state index is 0.0124. The molecule has 0 fully saturated rings. The van der Waals surface area contributed by atoms with Crippen LogP contribution in [0.4, 0.5) is 0 Å². The van der Waals surface area contributed by atoms with Crippen LogP contribution in [0, 0.1) is 0 Å². The van der Waals surface area contributed by atoms with Crippen LogP contribution in [0.5, 0.6) is 0 Å². The monoisotopic (exact) mass is 374 g/mol. The van der Waals surface area contributed by atoms with Crippen LogP contribution in [0.2, 0.25) is 0 Å². The van der Waals surface area contributed by atoms with Crippen LogP contribution in [0.3, 0.4) is 0 Å². The van der Waals surface area contributed by atoms with Gasteiger partial charge in [0.2, 0.25) is 0 Å². The van der Waals surface area contributed by atoms with Gasteiger partial charge in [-0.1, -0.05) is 103 Å². The van der Waals surface area contributed by atoms with Gasteiger partial charge in [0, 0.05) is 24.5 Å². The SMILES string of the molecule is CCCCCCCCCCCCCCCCCCNC(=O)c1ccncc1. The largest absolute Gasteiger partial charge is 0.352 e. The van der Waals surface area contributed by atoms with Gasteiger partial charge < -0.3 is 5.32 Å². The molecule has 1 amide bonds. The van der Waals surface area contributed by atoms with Crippen LogP contribution in [-0.2, 0) is 0 Å². The summed E-state index contributed by atoms with van der Waals surface area (Å²) in [6.45, 7) is 3.06. The fraction of sp³-hybridized carbons (Fsp3) is 0.750. The summed E-state index contributed by atoms with van der Waals surface area (Å²) in [7, 11) is 0. The minimum Gasteiger partial charge on any atom is -0.352 e. The number of carbonyl (C=O) groups is 1. The highest BCUT2D eigenvalue weighted by Gasteiger charge is 2.02. The smallest absolute Gasteiger partial charge is 0.251 e. The second kappa shape index (κ2) is 18.0. The van der Waals surface area contributed by atoms with E-state index in [-0.39, 0.29) is 5.91 Å². The Morgan fingerprint density at radius 1 is 0.704 bits per heavy atom. The lowest BCUT2D eigenvalue weighted by Crippen LogP contribution is -2.24. The normalized spacial score (nSPS) is 10.9. The summed E-state index contributed by atoms with van der Waals surface area (Å²) in [4.78, 5) is 15.8. The van der Waals surface area contributed by atoms with Crippen LogP contribution in [0.25, 0.3) is 0 Å². The van der Waals surface area contributed by atoms with Gasteiger partial charge in [0.25, 0.3) is 5.91 Å². The first kappa shape index (κ1) is 23.7. The Morgan fingerprint density at radius 2 is 1.11 bits per heavy atom. The third kappa shape index (κ3) is 14.4. The summed E-state index contributed by atoms with van der Waals surface area (Å²) in [5, 5.41) is 2.98. The summed E-state index contributed by atoms with van der Waals surface area (Å²) in [5.74, 6) is 0.0124. The first-order chi connectivity index (χ1) is 13.3. The molecule has 1 N–H and O–H groups in total. The molecule has 0 spiro atoms. The molecule has 0 radical (unpaired) electrons. The maximum absolute atomic E-state index is 11.9. The maximum atomic E-state index is 11.9. The molecule has 154 valence electrons. The molecular weight excluding hydrogens is 332 g/mol. The fourth-order valence-corrected chi connectivity index (χ4v) is 3.48. The highest BCUT2D eigenvalue weighted by molar-refractivity contribution is 5.93. The number of hydrogen-bond acceptors (Lipinski definition) is 2. The Kier molecular flexibility index (Phi) is 15.8. The molecule has 0 aliphatic heterocycles. The number of carbonyl (C=O) groups excluding carboxylic acids is 1. The van der Waals surface area contributed by atoms with Crippen molar-refractivity contribution in [3.05, 3.63) is 30.1 Å². The van der Waals surface area contributed by atoms with Crippen molar-refractivity contribution in [1.29, 1.82) is 0 Å². The molecule has 0 bridgehead atoms. The Hall–Kier alpha value is -1.38. The van der Waals surface area contributed by atoms with E-state index in [4.69, 9.17) is 0 Å². The van der Waals surface area contributed by atoms with E-state index in [2.05, 4.69) is 17.2 Å². The standard InChI is InChI=1S/C24H42N2O/c1-2-3-4-5-6-7-8-9-10-11-12-13-14-15-16-17-20-26-24(27)23-18-21-25-22-19-23/h18-19,21-22H,2-17,20H2,1H3,(H,26,27). The number of unbranched alkanes of at least 4 members (excludes halogenated alkanes) is 15. The van der Waals surface area contributed by atoms with Crippen LogP contribution < -0.4 is 5.32 Å². The average molecular weight is 375 g/mol. The maximum Gasteiger partial charge on any atom is 0.251 e. The summed E-state index contributed by atoms with van der Waals surface area (Å²) < 4.78 is 0. The van der Waals surface area contributed by atoms with Gasteiger partial charge in [0.15, 0.2) is 0 Å². The van der Waals surface area contributed by atoms with Crippen molar-refractivity contribution in [2.45, 2.75) is 110 Å². The third-order valence-electron chi connectivity index (χ3n) is 5.26. The van der Waals surface area contributed by atoms with E-state index < -0.39 is 0 Å². The Labute approximate surface area is 167 Å². The highest BCUT2D eigenvalue weighted by atomic mass is 16.1. The Morgan fingerprint density at radius 3 is 1.56 bits per heavy atom. The van der Waals surface area contributed by atoms with Crippen molar-refractivity contribution < 1.29 is 4.79 Å². The number of amides is 1. The number of aromatic nitrogens is 1. The van der Waals surface area contributed by atoms with Crippen molar-refractivity contribution in [2.75, 3.05) is 6.54 Å². The first-order valence-corrected chi connectivity index (χ1v) is 11.5. The summed E-state index contributed by atoms with van der Waals surface area (Å²) in [6.07, 6.45) is 25.3. The van der Waals surface area contributed by atoms with E-state index in [0.717, 1.165) is 13.0 Å². The molecule has 1 aromatic heterocycles. The molecule has 0 unspecified atom stereocenters. The molecule has 0 aliphatic rings. The first-order valence-electron chi connectivity index (χ1n) is 11.5. The molecule has 1 rings (SSSR count). The molecule has 3 heteroatoms. The van der Waals surface area contributed by atoms with Gasteiger partial charge in [-0.2, -0.15) is 0 Å². The summed E-state index contributed by atoms with van der Waals surface area (Å²) in [5.41, 5.74) is 0.696. The molecule has 0 atom stereocenters. The van der Waals surface area contributed by atoms with Crippen molar-refractivity contribution >= 4 is 5.91 Å². The molecule has 27 heavy (non-hydrogen) atoms. The number of nitrogens with zero attached hydrogens (tertiary/aromatic N) is 1. The van der Waals surface area contributed by atoms with Crippen molar-refractivity contribution in [2.24, 2.45) is 0 Å². The second-order valence-electron chi connectivity index (χ2n) is 7.80. The van der Waals surface area contributed by atoms with E-state index in [1.165, 1.54) is 96.3 Å². The highest BCUT2D eigenvalue weighted by Crippen LogP contribution is 2.13. The predicted molar refractivity (Wildman–Crippen MR) is 116 cm³/mol. The van der Waals surface area contributed by atoms with Gasteiger partial charge in [0.05, 0.1) is 0 Å². The topological polar surface area (TPSA) is 42.0 Å². The lowest BCUT2D eigenvalue weighted by atomic mass is 10.0. The van der Waals surface area contributed by atoms with Gasteiger partial charge in [-0.25, -0.2) is 0 Å². The molecule has 0 aliphatic carbocycles. The lowest BCUT2D eigenvalue weighted by molar-refractivity contribution is 0.0953. The van der Waals surface area contributed by atoms with Crippen LogP contribution in [0.15, 0.2) is 24.5 Å². The van der Waals surface area contributed by atoms with E-state index in [0.29, 0.717) is 5.56 Å². The Balaban J connectivity index is 1.75. The summed E-state index contributed by atoms with van der Waals surface area (Å²) in [6, 6.07) is 3.51. The van der Waals surface area contributed by atoms with Crippen molar-refractivity contribution in [3.8, 4) is 0 Å². The number of nitrogens with one attached hydrogen (secondary N) is 1. The number of pyridine rings is 1. The Bertz CT molecular complexity index is 447. The average Bonchev–Trinajstić information content (AvgIpc) is 2.70. The molecular formula is C24H42N2O. The third-order valence-corrected chi connectivity index (χ3v) is 5.26. The molecule has 0 aromatic carbocycles. The van der Waals surface area contributed by atoms with Gasteiger partial charge in [0.1, 0.15) is 0 Å². The van der Waals surface area contributed by atoms with Gasteiger partial charge in [-0.05, 0) is 18.6 Å². The van der Waals surface area contributed by atoms with E-state index in [9.17, 15) is 4.79 Å². The van der Waals surface area contributed by atoms with Gasteiger partial charge >= 0.3 is 0 Å². The van der Waals surface area contributed by atoms with E-state index in [1.54, 1.807) is 24.5 Å². The number of rotatable bonds is 18. The van der Waals surface area contributed by atoms with Gasteiger partial charge in [-0.3, -0.25) is 9.78 Å². The molecule has 1 heterocycles. The van der Waals surface area contributed by atoms with Crippen molar-refractivity contribution in [3.63, 3.8) is 0 Å². The fourth-order valence-electron chi connectivity index (χ4n) is 3.48. The van der Waals surface area contributed by atoms with Crippen LogP contribution >= 0.6 is 0 Å². The minimum atomic E-state index is 0.0124. The van der Waals surface area contributed by atoms with Crippen LogP contribution in [0.1, 0.15) is 120 Å². The molecule has 3 nitrogen and oxygen atoms in total. The molecule has 1 aromatic rings. The zero-order valence-corrected chi connectivity index (χ0v) is 17.7. The zero-order valence-electron chi connectivity index (χ0n) is 17.7. The van der Waals surface area contributed by atoms with Crippen molar-refractivity contribution in [1.82, 2.24) is 10.3 Å².